The molecule has 3 rings (SSSR count). The molecule has 0 spiro atoms. The van der Waals surface area contributed by atoms with Crippen LogP contribution in [0.15, 0.2) is 52.4 Å². The number of quaternary nitrogens is 1. The molecule has 8 N–H and O–H groups in total. The molecule has 0 aromatic heterocycles. The van der Waals surface area contributed by atoms with Gasteiger partial charge < -0.3 is 22.9 Å². The fourth-order valence-corrected chi connectivity index (χ4v) is 6.96. The van der Waals surface area contributed by atoms with Gasteiger partial charge in [-0.05, 0) is 49.1 Å². The summed E-state index contributed by atoms with van der Waals surface area (Å²) in [6.07, 6.45) is 1.47. The molecule has 212 valence electrons. The molecule has 1 unspecified atom stereocenters. The van der Waals surface area contributed by atoms with E-state index in [-0.39, 0.29) is 43.3 Å². The third-order valence-corrected chi connectivity index (χ3v) is 9.28. The van der Waals surface area contributed by atoms with Crippen molar-refractivity contribution in [3.05, 3.63) is 42.5 Å². The normalized spacial score (nSPS) is 20.1. The minimum absolute atomic E-state index is 0.0117. The van der Waals surface area contributed by atoms with Gasteiger partial charge in [-0.3, -0.25) is 9.79 Å². The number of amides is 4. The number of fused-ring (bicyclic) bond motifs is 1. The number of benzene rings is 2. The van der Waals surface area contributed by atoms with Crippen molar-refractivity contribution >= 4 is 44.6 Å². The van der Waals surface area contributed by atoms with Gasteiger partial charge in [0.15, 0.2) is 5.96 Å². The van der Waals surface area contributed by atoms with E-state index in [1.54, 1.807) is 31.2 Å². The molecular weight excluding hydrogens is 522 g/mol. The summed E-state index contributed by atoms with van der Waals surface area (Å²) < 4.78 is 28.8. The maximum Gasteiger partial charge on any atom is 0.421 e. The number of carbonyl (C=O) groups excluding carboxylic acids is 3. The second-order valence-electron chi connectivity index (χ2n) is 9.92. The third kappa shape index (κ3) is 6.54. The first-order valence-electron chi connectivity index (χ1n) is 13.0. The molecule has 13 heteroatoms. The maximum atomic E-state index is 14.2. The monoisotopic (exact) mass is 560 g/mol. The molecular formula is C26H38N7O5S+. The van der Waals surface area contributed by atoms with Crippen molar-refractivity contribution in [3.8, 4) is 0 Å². The van der Waals surface area contributed by atoms with Gasteiger partial charge in [-0.2, -0.15) is 8.79 Å². The lowest BCUT2D eigenvalue weighted by atomic mass is 10.1. The first-order valence-corrected chi connectivity index (χ1v) is 14.4. The molecule has 0 saturated carbocycles. The zero-order valence-corrected chi connectivity index (χ0v) is 23.0. The lowest BCUT2D eigenvalue weighted by Crippen LogP contribution is -2.67. The van der Waals surface area contributed by atoms with Crippen molar-refractivity contribution in [2.75, 3.05) is 19.6 Å². The Labute approximate surface area is 228 Å². The van der Waals surface area contributed by atoms with Crippen LogP contribution < -0.4 is 22.9 Å². The number of rotatable bonds is 12. The van der Waals surface area contributed by atoms with E-state index in [9.17, 15) is 22.8 Å². The van der Waals surface area contributed by atoms with Crippen LogP contribution in [0.25, 0.3) is 10.8 Å². The van der Waals surface area contributed by atoms with Crippen molar-refractivity contribution < 1.29 is 27.3 Å². The van der Waals surface area contributed by atoms with Gasteiger partial charge in [0.25, 0.3) is 0 Å². The number of hydrogen-bond donors (Lipinski definition) is 4. The predicted octanol–water partition coefficient (Wildman–Crippen LogP) is 1.12. The summed E-state index contributed by atoms with van der Waals surface area (Å²) in [7, 11) is -4.27. The number of hydrogen-bond acceptors (Lipinski definition) is 6. The lowest BCUT2D eigenvalue weighted by Gasteiger charge is -2.37. The van der Waals surface area contributed by atoms with Crippen molar-refractivity contribution in [1.82, 2.24) is 4.31 Å². The van der Waals surface area contributed by atoms with Crippen LogP contribution >= 0.6 is 0 Å². The first kappa shape index (κ1) is 30.0. The summed E-state index contributed by atoms with van der Waals surface area (Å²) in [6, 6.07) is 9.41. The Kier molecular flexibility index (Phi) is 9.64. The molecule has 1 aliphatic heterocycles. The summed E-state index contributed by atoms with van der Waals surface area (Å²) in [5.74, 6) is -1.42. The van der Waals surface area contributed by atoms with E-state index in [1.807, 2.05) is 12.1 Å². The van der Waals surface area contributed by atoms with E-state index >= 15 is 0 Å². The highest BCUT2D eigenvalue weighted by Gasteiger charge is 2.55. The number of guanidine groups is 1. The van der Waals surface area contributed by atoms with E-state index in [4.69, 9.17) is 22.9 Å². The van der Waals surface area contributed by atoms with Gasteiger partial charge in [-0.25, -0.2) is 18.0 Å². The van der Waals surface area contributed by atoms with Crippen LogP contribution in [-0.2, 0) is 19.6 Å². The fraction of sp³-hybridized carbons (Fsp3) is 0.462. The number of nitrogens with two attached hydrogens (primary N) is 4. The number of unbranched alkanes of at least 4 members (excludes halogenated alkanes) is 1. The SMILES string of the molecule is C[C@@H]1CCC[N+]1(C(N)=O)C(=O)[C@@H](CCC(N)=O)N(CCCCN=C(N)N)S(=O)(=O)c1ccc2ccccc2c1. The Bertz CT molecular complexity index is 1360. The summed E-state index contributed by atoms with van der Waals surface area (Å²) >= 11 is 0. The van der Waals surface area contributed by atoms with Gasteiger partial charge in [0.05, 0.1) is 11.4 Å². The van der Waals surface area contributed by atoms with Crippen LogP contribution in [0.1, 0.15) is 45.4 Å². The number of nitrogens with zero attached hydrogens (tertiary/aromatic N) is 3. The van der Waals surface area contributed by atoms with Crippen LogP contribution in [0.2, 0.25) is 0 Å². The second-order valence-corrected chi connectivity index (χ2v) is 11.8. The molecule has 3 atom stereocenters. The Hall–Kier alpha value is -3.55. The molecule has 4 amide bonds. The number of urea groups is 1. The molecule has 1 saturated heterocycles. The van der Waals surface area contributed by atoms with Crippen LogP contribution in [0.4, 0.5) is 4.79 Å². The second kappa shape index (κ2) is 12.5. The van der Waals surface area contributed by atoms with E-state index in [2.05, 4.69) is 4.99 Å². The van der Waals surface area contributed by atoms with Gasteiger partial charge in [-0.15, -0.1) is 0 Å². The molecule has 1 aliphatic rings. The van der Waals surface area contributed by atoms with Crippen molar-refractivity contribution in [2.24, 2.45) is 27.9 Å². The molecule has 0 radical (unpaired) electrons. The van der Waals surface area contributed by atoms with E-state index in [1.165, 1.54) is 6.07 Å². The quantitative estimate of drug-likeness (QED) is 0.129. The average molecular weight is 561 g/mol. The van der Waals surface area contributed by atoms with E-state index in [0.717, 1.165) is 9.69 Å². The van der Waals surface area contributed by atoms with Gasteiger partial charge in [-0.1, -0.05) is 30.3 Å². The molecule has 0 bridgehead atoms. The molecule has 1 heterocycles. The standard InChI is InChI=1S/C26H37N7O5S/c1-18-7-6-16-33(18,26(30)36)24(35)22(12-13-23(27)34)32(15-5-4-14-31-25(28)29)39(37,38)21-11-10-19-8-2-3-9-20(19)17-21/h2-3,8-11,17-18,22H,4-7,12-16H2,1H3,(H7-,27,28,29,30,31,34,36)/p+1/t18-,22-,33?/m1/s1. The highest BCUT2D eigenvalue weighted by molar-refractivity contribution is 7.89. The molecule has 2 aromatic rings. The minimum atomic E-state index is -4.27. The van der Waals surface area contributed by atoms with Gasteiger partial charge in [0.2, 0.25) is 15.9 Å². The van der Waals surface area contributed by atoms with Crippen molar-refractivity contribution in [1.29, 1.82) is 0 Å². The predicted molar refractivity (Wildman–Crippen MR) is 148 cm³/mol. The Balaban J connectivity index is 2.10. The summed E-state index contributed by atoms with van der Waals surface area (Å²) in [5, 5.41) is 1.56. The maximum absolute atomic E-state index is 14.2. The van der Waals surface area contributed by atoms with Crippen LogP contribution in [-0.4, -0.2) is 72.7 Å². The molecule has 12 nitrogen and oxygen atoms in total. The highest BCUT2D eigenvalue weighted by Crippen LogP contribution is 2.33. The topological polar surface area (TPSA) is 205 Å². The first-order chi connectivity index (χ1) is 18.4. The number of imide groups is 1. The average Bonchev–Trinajstić information content (AvgIpc) is 3.28. The Morgan fingerprint density at radius 3 is 2.33 bits per heavy atom. The summed E-state index contributed by atoms with van der Waals surface area (Å²) in [5.41, 5.74) is 22.0. The number of sulfonamides is 1. The lowest BCUT2D eigenvalue weighted by molar-refractivity contribution is -0.784. The largest absolute Gasteiger partial charge is 0.421 e. The Morgan fingerprint density at radius 2 is 1.74 bits per heavy atom. The Morgan fingerprint density at radius 1 is 1.05 bits per heavy atom. The molecule has 0 aliphatic carbocycles. The smallest absolute Gasteiger partial charge is 0.370 e. The number of carbonyl (C=O) groups is 3. The zero-order valence-electron chi connectivity index (χ0n) is 22.2. The fourth-order valence-electron chi connectivity index (χ4n) is 5.27. The minimum Gasteiger partial charge on any atom is -0.370 e. The number of likely N-dealkylation sites (tertiary alicyclic amines) is 1. The summed E-state index contributed by atoms with van der Waals surface area (Å²) in [4.78, 5) is 42.7. The molecule has 1 fully saturated rings. The number of aliphatic imine (C=N–C) groups is 1. The number of primary amides is 2. The van der Waals surface area contributed by atoms with Gasteiger partial charge >= 0.3 is 11.9 Å². The van der Waals surface area contributed by atoms with Crippen LogP contribution in [0.3, 0.4) is 0 Å². The van der Waals surface area contributed by atoms with Gasteiger partial charge in [0, 0.05) is 32.4 Å². The summed E-state index contributed by atoms with van der Waals surface area (Å²) in [6.45, 7) is 2.11. The highest BCUT2D eigenvalue weighted by atomic mass is 32.2. The molecule has 39 heavy (non-hydrogen) atoms. The van der Waals surface area contributed by atoms with E-state index < -0.39 is 44.4 Å². The molecule has 2 aromatic carbocycles. The third-order valence-electron chi connectivity index (χ3n) is 7.38. The van der Waals surface area contributed by atoms with Crippen molar-refractivity contribution in [2.45, 2.75) is 62.4 Å². The van der Waals surface area contributed by atoms with Crippen LogP contribution in [0, 0.1) is 0 Å². The van der Waals surface area contributed by atoms with Gasteiger partial charge in [0.1, 0.15) is 12.1 Å². The van der Waals surface area contributed by atoms with Crippen LogP contribution in [0.5, 0.6) is 0 Å². The van der Waals surface area contributed by atoms with Crippen molar-refractivity contribution in [3.63, 3.8) is 0 Å². The van der Waals surface area contributed by atoms with E-state index in [0.29, 0.717) is 31.1 Å². The zero-order chi connectivity index (χ0) is 28.8.